The van der Waals surface area contributed by atoms with Crippen LogP contribution in [-0.2, 0) is 14.3 Å². The fourth-order valence-corrected chi connectivity index (χ4v) is 2.33. The first kappa shape index (κ1) is 18.5. The molecule has 4 nitrogen and oxygen atoms in total. The van der Waals surface area contributed by atoms with Gasteiger partial charge in [0.2, 0.25) is 0 Å². The van der Waals surface area contributed by atoms with E-state index in [4.69, 9.17) is 4.74 Å². The van der Waals surface area contributed by atoms with Crippen LogP contribution in [0.1, 0.15) is 29.5 Å². The number of amides is 1. The van der Waals surface area contributed by atoms with E-state index in [1.54, 1.807) is 6.08 Å². The number of ether oxygens (including phenoxy) is 1. The van der Waals surface area contributed by atoms with Crippen LogP contribution in [0, 0.1) is 6.92 Å². The lowest BCUT2D eigenvalue weighted by Gasteiger charge is -2.12. The number of aryl methyl sites for hydroxylation is 1. The van der Waals surface area contributed by atoms with Crippen molar-refractivity contribution in [3.05, 3.63) is 77.4 Å². The molecule has 4 heteroatoms. The van der Waals surface area contributed by atoms with Crippen LogP contribution in [-0.4, -0.2) is 25.0 Å². The summed E-state index contributed by atoms with van der Waals surface area (Å²) in [4.78, 5) is 23.5. The Bertz CT molecular complexity index is 738. The lowest BCUT2D eigenvalue weighted by Crippen LogP contribution is -2.31. The summed E-state index contributed by atoms with van der Waals surface area (Å²) < 4.78 is 4.97. The number of carbonyl (C=O) groups is 2. The van der Waals surface area contributed by atoms with E-state index in [0.717, 1.165) is 16.7 Å². The van der Waals surface area contributed by atoms with Crippen LogP contribution in [0.15, 0.2) is 60.7 Å². The molecule has 1 N–H and O–H groups in total. The van der Waals surface area contributed by atoms with Gasteiger partial charge in [-0.3, -0.25) is 4.79 Å². The van der Waals surface area contributed by atoms with Gasteiger partial charge in [-0.05, 0) is 35.6 Å². The van der Waals surface area contributed by atoms with E-state index in [2.05, 4.69) is 5.32 Å². The Hall–Kier alpha value is -2.88. The maximum atomic E-state index is 11.8. The summed E-state index contributed by atoms with van der Waals surface area (Å²) in [6.45, 7) is 4.22. The molecule has 0 saturated carbocycles. The zero-order valence-electron chi connectivity index (χ0n) is 14.6. The van der Waals surface area contributed by atoms with Gasteiger partial charge >= 0.3 is 5.97 Å². The van der Waals surface area contributed by atoms with Gasteiger partial charge in [0.15, 0.2) is 6.61 Å². The van der Waals surface area contributed by atoms with Gasteiger partial charge in [-0.1, -0.05) is 61.5 Å². The van der Waals surface area contributed by atoms with Crippen LogP contribution >= 0.6 is 0 Å². The van der Waals surface area contributed by atoms with Gasteiger partial charge < -0.3 is 10.1 Å². The van der Waals surface area contributed by atoms with Crippen LogP contribution in [0.5, 0.6) is 0 Å². The first-order valence-corrected chi connectivity index (χ1v) is 8.28. The molecule has 0 aliphatic rings. The van der Waals surface area contributed by atoms with Gasteiger partial charge in [-0.15, -0.1) is 0 Å². The zero-order chi connectivity index (χ0) is 18.1. The Kier molecular flexibility index (Phi) is 6.96. The van der Waals surface area contributed by atoms with Crippen LogP contribution < -0.4 is 5.32 Å². The van der Waals surface area contributed by atoms with Gasteiger partial charge in [0, 0.05) is 12.6 Å². The molecule has 2 aromatic rings. The quantitative estimate of drug-likeness (QED) is 0.622. The van der Waals surface area contributed by atoms with Gasteiger partial charge in [0.1, 0.15) is 0 Å². The summed E-state index contributed by atoms with van der Waals surface area (Å²) >= 11 is 0. The highest BCUT2D eigenvalue weighted by molar-refractivity contribution is 5.89. The smallest absolute Gasteiger partial charge is 0.331 e. The molecule has 2 rings (SSSR count). The molecular weight excluding hydrogens is 314 g/mol. The van der Waals surface area contributed by atoms with Gasteiger partial charge in [-0.25, -0.2) is 4.79 Å². The molecule has 1 amide bonds. The average molecular weight is 337 g/mol. The Balaban J connectivity index is 1.72. The first-order chi connectivity index (χ1) is 12.1. The minimum absolute atomic E-state index is 0.196. The van der Waals surface area contributed by atoms with Gasteiger partial charge in [-0.2, -0.15) is 0 Å². The fourth-order valence-electron chi connectivity index (χ4n) is 2.33. The summed E-state index contributed by atoms with van der Waals surface area (Å²) in [5.74, 6) is -0.642. The summed E-state index contributed by atoms with van der Waals surface area (Å²) in [7, 11) is 0. The third-order valence-corrected chi connectivity index (χ3v) is 3.91. The zero-order valence-corrected chi connectivity index (χ0v) is 14.6. The standard InChI is InChI=1S/C21H23NO3/c1-16-8-6-7-11-19(16)12-13-21(24)25-15-20(23)22-14-17(2)18-9-4-3-5-10-18/h3-13,17H,14-15H2,1-2H3,(H,22,23)/b13-12+/t17-/m1/s1. The van der Waals surface area contributed by atoms with Crippen molar-refractivity contribution in [3.8, 4) is 0 Å². The van der Waals surface area contributed by atoms with Crippen molar-refractivity contribution >= 4 is 18.0 Å². The molecule has 0 fully saturated rings. The van der Waals surface area contributed by atoms with E-state index in [1.807, 2.05) is 68.4 Å². The molecule has 0 heterocycles. The van der Waals surface area contributed by atoms with Crippen LogP contribution in [0.2, 0.25) is 0 Å². The molecular formula is C21H23NO3. The number of benzene rings is 2. The molecule has 130 valence electrons. The monoisotopic (exact) mass is 337 g/mol. The molecule has 0 radical (unpaired) electrons. The molecule has 1 atom stereocenters. The van der Waals surface area contributed by atoms with Crippen molar-refractivity contribution in [2.45, 2.75) is 19.8 Å². The predicted octanol–water partition coefficient (Wildman–Crippen LogP) is 3.47. The van der Waals surface area contributed by atoms with Crippen LogP contribution in [0.25, 0.3) is 6.08 Å². The summed E-state index contributed by atoms with van der Waals surface area (Å²) in [5.41, 5.74) is 3.17. The second kappa shape index (κ2) is 9.42. The highest BCUT2D eigenvalue weighted by atomic mass is 16.5. The number of carbonyl (C=O) groups excluding carboxylic acids is 2. The minimum atomic E-state index is -0.533. The van der Waals surface area contributed by atoms with Gasteiger partial charge in [0.05, 0.1) is 0 Å². The van der Waals surface area contributed by atoms with E-state index >= 15 is 0 Å². The lowest BCUT2D eigenvalue weighted by molar-refractivity contribution is -0.143. The van der Waals surface area contributed by atoms with Gasteiger partial charge in [0.25, 0.3) is 5.91 Å². The van der Waals surface area contributed by atoms with Crippen LogP contribution in [0.4, 0.5) is 0 Å². The van der Waals surface area contributed by atoms with Crippen molar-refractivity contribution in [1.82, 2.24) is 5.32 Å². The minimum Gasteiger partial charge on any atom is -0.452 e. The molecule has 25 heavy (non-hydrogen) atoms. The highest BCUT2D eigenvalue weighted by Crippen LogP contribution is 2.13. The van der Waals surface area contributed by atoms with E-state index in [1.165, 1.54) is 6.08 Å². The fraction of sp³-hybridized carbons (Fsp3) is 0.238. The van der Waals surface area contributed by atoms with E-state index in [0.29, 0.717) is 6.54 Å². The molecule has 0 aliphatic carbocycles. The maximum absolute atomic E-state index is 11.8. The van der Waals surface area contributed by atoms with E-state index in [9.17, 15) is 9.59 Å². The molecule has 2 aromatic carbocycles. The molecule has 0 saturated heterocycles. The first-order valence-electron chi connectivity index (χ1n) is 8.28. The van der Waals surface area contributed by atoms with Crippen molar-refractivity contribution in [3.63, 3.8) is 0 Å². The maximum Gasteiger partial charge on any atom is 0.331 e. The van der Waals surface area contributed by atoms with E-state index < -0.39 is 5.97 Å². The lowest BCUT2D eigenvalue weighted by atomic mass is 10.0. The Morgan fingerprint density at radius 2 is 1.76 bits per heavy atom. The summed E-state index contributed by atoms with van der Waals surface area (Å²) in [6, 6.07) is 17.7. The normalized spacial score (nSPS) is 11.9. The Morgan fingerprint density at radius 3 is 2.48 bits per heavy atom. The largest absolute Gasteiger partial charge is 0.452 e. The van der Waals surface area contributed by atoms with Crippen molar-refractivity contribution in [1.29, 1.82) is 0 Å². The van der Waals surface area contributed by atoms with Crippen molar-refractivity contribution in [2.24, 2.45) is 0 Å². The number of hydrogen-bond donors (Lipinski definition) is 1. The third-order valence-electron chi connectivity index (χ3n) is 3.91. The second-order valence-corrected chi connectivity index (χ2v) is 5.91. The Labute approximate surface area is 148 Å². The number of hydrogen-bond acceptors (Lipinski definition) is 3. The average Bonchev–Trinajstić information content (AvgIpc) is 2.64. The number of nitrogens with one attached hydrogen (secondary N) is 1. The Morgan fingerprint density at radius 1 is 1.08 bits per heavy atom. The molecule has 0 aliphatic heterocycles. The van der Waals surface area contributed by atoms with E-state index in [-0.39, 0.29) is 18.4 Å². The molecule has 0 unspecified atom stereocenters. The number of esters is 1. The third kappa shape index (κ3) is 6.26. The van der Waals surface area contributed by atoms with Crippen molar-refractivity contribution in [2.75, 3.05) is 13.2 Å². The summed E-state index contributed by atoms with van der Waals surface area (Å²) in [5, 5.41) is 2.78. The van der Waals surface area contributed by atoms with Crippen molar-refractivity contribution < 1.29 is 14.3 Å². The summed E-state index contributed by atoms with van der Waals surface area (Å²) in [6.07, 6.45) is 3.02. The topological polar surface area (TPSA) is 55.4 Å². The molecule has 0 aromatic heterocycles. The molecule has 0 bridgehead atoms. The highest BCUT2D eigenvalue weighted by Gasteiger charge is 2.09. The molecule has 0 spiro atoms. The second-order valence-electron chi connectivity index (χ2n) is 5.91. The van der Waals surface area contributed by atoms with Crippen LogP contribution in [0.3, 0.4) is 0 Å². The SMILES string of the molecule is Cc1ccccc1/C=C/C(=O)OCC(=O)NC[C@@H](C)c1ccccc1. The number of rotatable bonds is 7. The predicted molar refractivity (Wildman–Crippen MR) is 99.0 cm³/mol.